The Morgan fingerprint density at radius 2 is 1.95 bits per heavy atom. The molecule has 0 aliphatic rings. The van der Waals surface area contributed by atoms with Crippen LogP contribution in [0.5, 0.6) is 5.75 Å². The highest BCUT2D eigenvalue weighted by Crippen LogP contribution is 2.35. The van der Waals surface area contributed by atoms with Crippen molar-refractivity contribution in [3.8, 4) is 11.4 Å². The number of ether oxygens (including phenoxy) is 1. The van der Waals surface area contributed by atoms with Gasteiger partial charge in [0.1, 0.15) is 17.6 Å². The summed E-state index contributed by atoms with van der Waals surface area (Å²) in [4.78, 5) is 3.90. The van der Waals surface area contributed by atoms with Gasteiger partial charge < -0.3 is 4.74 Å². The number of halogens is 4. The fraction of sp³-hybridized carbons (Fsp3) is 0.133. The number of para-hydroxylation sites is 1. The molecule has 7 heteroatoms. The van der Waals surface area contributed by atoms with Crippen molar-refractivity contribution in [3.63, 3.8) is 0 Å². The van der Waals surface area contributed by atoms with Crippen molar-refractivity contribution in [3.05, 3.63) is 53.3 Å². The Kier molecular flexibility index (Phi) is 3.48. The largest absolute Gasteiger partial charge is 0.497 e. The standard InChI is InChI=1S/C15H10ClF3N2O/c1-22-9-5-6-11(16)13(7-9)21-8-20-14-10(15(17,18)19)3-2-4-12(14)21/h2-8H,1H3. The maximum Gasteiger partial charge on any atom is 0.418 e. The summed E-state index contributed by atoms with van der Waals surface area (Å²) in [5.74, 6) is 0.549. The summed E-state index contributed by atoms with van der Waals surface area (Å²) in [7, 11) is 1.50. The quantitative estimate of drug-likeness (QED) is 0.682. The molecule has 3 aromatic rings. The molecule has 0 aliphatic carbocycles. The molecule has 22 heavy (non-hydrogen) atoms. The third-order valence-electron chi connectivity index (χ3n) is 3.29. The molecule has 3 nitrogen and oxygen atoms in total. The second-order valence-corrected chi connectivity index (χ2v) is 5.01. The number of methoxy groups -OCH3 is 1. The number of aromatic nitrogens is 2. The number of nitrogens with zero attached hydrogens (tertiary/aromatic N) is 2. The lowest BCUT2D eigenvalue weighted by Gasteiger charge is -2.10. The second-order valence-electron chi connectivity index (χ2n) is 4.60. The fourth-order valence-corrected chi connectivity index (χ4v) is 2.47. The van der Waals surface area contributed by atoms with Crippen LogP contribution in [-0.2, 0) is 6.18 Å². The Bertz CT molecular complexity index is 842. The number of rotatable bonds is 2. The van der Waals surface area contributed by atoms with Crippen LogP contribution in [0.15, 0.2) is 42.7 Å². The average molecular weight is 327 g/mol. The van der Waals surface area contributed by atoms with Crippen molar-refractivity contribution in [1.82, 2.24) is 9.55 Å². The minimum absolute atomic E-state index is 0.117. The molecule has 1 heterocycles. The number of benzene rings is 2. The maximum absolute atomic E-state index is 13.0. The molecule has 0 N–H and O–H groups in total. The van der Waals surface area contributed by atoms with Crippen molar-refractivity contribution < 1.29 is 17.9 Å². The lowest BCUT2D eigenvalue weighted by molar-refractivity contribution is -0.136. The molecular weight excluding hydrogens is 317 g/mol. The predicted molar refractivity (Wildman–Crippen MR) is 77.6 cm³/mol. The van der Waals surface area contributed by atoms with Gasteiger partial charge in [0.05, 0.1) is 28.9 Å². The van der Waals surface area contributed by atoms with Crippen LogP contribution in [-0.4, -0.2) is 16.7 Å². The Hall–Kier alpha value is -2.21. The molecule has 0 bridgehead atoms. The number of alkyl halides is 3. The molecule has 0 saturated heterocycles. The van der Waals surface area contributed by atoms with Crippen molar-refractivity contribution in [2.45, 2.75) is 6.18 Å². The van der Waals surface area contributed by atoms with Gasteiger partial charge in [0, 0.05) is 6.07 Å². The van der Waals surface area contributed by atoms with Gasteiger partial charge in [-0.15, -0.1) is 0 Å². The van der Waals surface area contributed by atoms with E-state index in [1.165, 1.54) is 24.1 Å². The molecule has 0 fully saturated rings. The van der Waals surface area contributed by atoms with Gasteiger partial charge >= 0.3 is 6.18 Å². The molecule has 114 valence electrons. The van der Waals surface area contributed by atoms with E-state index in [0.29, 0.717) is 22.0 Å². The van der Waals surface area contributed by atoms with Crippen molar-refractivity contribution >= 4 is 22.6 Å². The number of hydrogen-bond donors (Lipinski definition) is 0. The highest BCUT2D eigenvalue weighted by molar-refractivity contribution is 6.32. The van der Waals surface area contributed by atoms with Gasteiger partial charge in [0.2, 0.25) is 0 Å². The summed E-state index contributed by atoms with van der Waals surface area (Å²) in [6.07, 6.45) is -3.14. The first-order valence-corrected chi connectivity index (χ1v) is 6.67. The van der Waals surface area contributed by atoms with Crippen molar-refractivity contribution in [2.24, 2.45) is 0 Å². The van der Waals surface area contributed by atoms with Gasteiger partial charge in [-0.2, -0.15) is 13.2 Å². The van der Waals surface area contributed by atoms with Crippen LogP contribution in [0.25, 0.3) is 16.7 Å². The molecule has 0 aliphatic heterocycles. The zero-order valence-corrected chi connectivity index (χ0v) is 12.1. The van der Waals surface area contributed by atoms with Crippen LogP contribution >= 0.6 is 11.6 Å². The van der Waals surface area contributed by atoms with E-state index >= 15 is 0 Å². The van der Waals surface area contributed by atoms with E-state index in [-0.39, 0.29) is 5.52 Å². The van der Waals surface area contributed by atoms with Crippen LogP contribution in [0.3, 0.4) is 0 Å². The highest BCUT2D eigenvalue weighted by Gasteiger charge is 2.33. The molecular formula is C15H10ClF3N2O. The molecule has 0 amide bonds. The van der Waals surface area contributed by atoms with E-state index in [2.05, 4.69) is 4.98 Å². The van der Waals surface area contributed by atoms with Crippen LogP contribution in [0.2, 0.25) is 5.02 Å². The highest BCUT2D eigenvalue weighted by atomic mass is 35.5. The van der Waals surface area contributed by atoms with E-state index in [4.69, 9.17) is 16.3 Å². The Morgan fingerprint density at radius 3 is 2.64 bits per heavy atom. The molecule has 0 unspecified atom stereocenters. The third-order valence-corrected chi connectivity index (χ3v) is 3.61. The number of hydrogen-bond acceptors (Lipinski definition) is 2. The molecule has 1 aromatic heterocycles. The van der Waals surface area contributed by atoms with Gasteiger partial charge in [-0.25, -0.2) is 4.98 Å². The minimum atomic E-state index is -4.46. The van der Waals surface area contributed by atoms with E-state index < -0.39 is 11.7 Å². The summed E-state index contributed by atoms with van der Waals surface area (Å²) >= 11 is 6.15. The van der Waals surface area contributed by atoms with E-state index in [0.717, 1.165) is 6.07 Å². The Morgan fingerprint density at radius 1 is 1.18 bits per heavy atom. The maximum atomic E-state index is 13.0. The normalized spacial score (nSPS) is 11.9. The smallest absolute Gasteiger partial charge is 0.418 e. The SMILES string of the molecule is COc1ccc(Cl)c(-n2cnc3c(C(F)(F)F)cccc32)c1. The number of imidazole rings is 1. The topological polar surface area (TPSA) is 27.1 Å². The predicted octanol–water partition coefficient (Wildman–Crippen LogP) is 4.71. The first kappa shape index (κ1) is 14.7. The summed E-state index contributed by atoms with van der Waals surface area (Å²) in [6.45, 7) is 0. The lowest BCUT2D eigenvalue weighted by atomic mass is 10.1. The fourth-order valence-electron chi connectivity index (χ4n) is 2.26. The van der Waals surface area contributed by atoms with Crippen LogP contribution in [0.4, 0.5) is 13.2 Å². The second kappa shape index (κ2) is 5.21. The molecule has 3 rings (SSSR count). The van der Waals surface area contributed by atoms with Gasteiger partial charge in [-0.3, -0.25) is 4.57 Å². The summed E-state index contributed by atoms with van der Waals surface area (Å²) in [5, 5.41) is 0.387. The first-order chi connectivity index (χ1) is 10.4. The third kappa shape index (κ3) is 2.39. The Balaban J connectivity index is 2.26. The Labute approximate surface area is 128 Å². The van der Waals surface area contributed by atoms with E-state index in [9.17, 15) is 13.2 Å². The van der Waals surface area contributed by atoms with E-state index in [1.54, 1.807) is 24.3 Å². The van der Waals surface area contributed by atoms with Gasteiger partial charge in [-0.1, -0.05) is 17.7 Å². The molecule has 0 saturated carbocycles. The average Bonchev–Trinajstić information content (AvgIpc) is 2.90. The number of fused-ring (bicyclic) bond motifs is 1. The first-order valence-electron chi connectivity index (χ1n) is 6.29. The summed E-state index contributed by atoms with van der Waals surface area (Å²) in [5.41, 5.74) is -0.0653. The van der Waals surface area contributed by atoms with E-state index in [1.807, 2.05) is 0 Å². The van der Waals surface area contributed by atoms with Gasteiger partial charge in [0.25, 0.3) is 0 Å². The van der Waals surface area contributed by atoms with Crippen LogP contribution in [0, 0.1) is 0 Å². The van der Waals surface area contributed by atoms with Crippen LogP contribution < -0.4 is 4.74 Å². The minimum Gasteiger partial charge on any atom is -0.497 e. The monoisotopic (exact) mass is 326 g/mol. The lowest BCUT2D eigenvalue weighted by Crippen LogP contribution is -2.05. The van der Waals surface area contributed by atoms with Gasteiger partial charge in [-0.05, 0) is 24.3 Å². The molecule has 0 radical (unpaired) electrons. The molecule has 0 atom stereocenters. The van der Waals surface area contributed by atoms with Gasteiger partial charge in [0.15, 0.2) is 0 Å². The zero-order chi connectivity index (χ0) is 15.9. The summed E-state index contributed by atoms with van der Waals surface area (Å²) in [6, 6.07) is 8.85. The molecule has 2 aromatic carbocycles. The summed E-state index contributed by atoms with van der Waals surface area (Å²) < 4.78 is 45.7. The van der Waals surface area contributed by atoms with Crippen molar-refractivity contribution in [2.75, 3.05) is 7.11 Å². The molecule has 0 spiro atoms. The van der Waals surface area contributed by atoms with Crippen molar-refractivity contribution in [1.29, 1.82) is 0 Å². The zero-order valence-electron chi connectivity index (χ0n) is 11.4. The van der Waals surface area contributed by atoms with Crippen LogP contribution in [0.1, 0.15) is 5.56 Å².